The van der Waals surface area contributed by atoms with E-state index in [4.69, 9.17) is 0 Å². The molecule has 5 rings (SSSR count). The molecule has 1 aliphatic carbocycles. The van der Waals surface area contributed by atoms with Gasteiger partial charge in [-0.3, -0.25) is 14.2 Å². The second kappa shape index (κ2) is 8.74. The molecule has 0 bridgehead atoms. The predicted octanol–water partition coefficient (Wildman–Crippen LogP) is 0.947. The van der Waals surface area contributed by atoms with Crippen molar-refractivity contribution in [2.45, 2.75) is 19.4 Å². The SMILES string of the molecule is C=CC(=O)NCc1cccc(NC(=O)c2ccccc2-n2nc3c([n+]2[O-])CCc2c-3no[n+]2[O-])c1. The Morgan fingerprint density at radius 2 is 1.91 bits per heavy atom. The minimum Gasteiger partial charge on any atom is -0.692 e. The van der Waals surface area contributed by atoms with Crippen LogP contribution < -0.4 is 20.4 Å². The molecule has 4 aromatic rings. The smallest absolute Gasteiger partial charge is 0.303 e. The summed E-state index contributed by atoms with van der Waals surface area (Å²) in [4.78, 5) is 26.6. The van der Waals surface area contributed by atoms with Crippen LogP contribution in [0.2, 0.25) is 0 Å². The number of anilines is 1. The number of hydrogen-bond donors (Lipinski definition) is 2. The molecule has 1 aliphatic rings. The summed E-state index contributed by atoms with van der Waals surface area (Å²) in [6, 6.07) is 13.5. The Bertz CT molecular complexity index is 1470. The molecule has 0 saturated carbocycles. The van der Waals surface area contributed by atoms with Crippen LogP contribution in [0.4, 0.5) is 5.69 Å². The maximum atomic E-state index is 13.2. The molecule has 2 heterocycles. The van der Waals surface area contributed by atoms with Crippen LogP contribution in [0.1, 0.15) is 27.3 Å². The van der Waals surface area contributed by atoms with Gasteiger partial charge in [-0.15, -0.1) is 4.85 Å². The first-order valence-corrected chi connectivity index (χ1v) is 10.7. The van der Waals surface area contributed by atoms with E-state index in [2.05, 4.69) is 32.1 Å². The number of aromatic nitrogens is 5. The molecule has 0 saturated heterocycles. The molecule has 0 unspecified atom stereocenters. The molecule has 12 heteroatoms. The van der Waals surface area contributed by atoms with Gasteiger partial charge in [0.15, 0.2) is 5.69 Å². The van der Waals surface area contributed by atoms with Crippen molar-refractivity contribution in [2.24, 2.45) is 0 Å². The first-order valence-electron chi connectivity index (χ1n) is 10.7. The number of carbonyl (C=O) groups is 2. The summed E-state index contributed by atoms with van der Waals surface area (Å²) in [6.07, 6.45) is 1.74. The first-order chi connectivity index (χ1) is 17.0. The minimum atomic E-state index is -0.458. The van der Waals surface area contributed by atoms with E-state index < -0.39 is 5.91 Å². The fraction of sp³-hybridized carbons (Fsp3) is 0.130. The maximum absolute atomic E-state index is 13.2. The largest absolute Gasteiger partial charge is 0.692 e. The molecule has 176 valence electrons. The lowest BCUT2D eigenvalue weighted by Crippen LogP contribution is -2.42. The quantitative estimate of drug-likeness (QED) is 0.240. The van der Waals surface area contributed by atoms with E-state index in [0.29, 0.717) is 26.8 Å². The zero-order valence-electron chi connectivity index (χ0n) is 18.3. The highest BCUT2D eigenvalue weighted by Crippen LogP contribution is 2.27. The van der Waals surface area contributed by atoms with Crippen LogP contribution in [0.25, 0.3) is 17.1 Å². The summed E-state index contributed by atoms with van der Waals surface area (Å²) >= 11 is 0. The number of amides is 2. The van der Waals surface area contributed by atoms with E-state index in [0.717, 1.165) is 10.4 Å². The Morgan fingerprint density at radius 3 is 2.74 bits per heavy atom. The standard InChI is InChI=1S/C23H19N7O5/c1-2-20(31)24-13-14-6-5-7-15(12-14)25-23(32)16-8-3-4-9-17(16)28-26-21-18(29(28)33)10-11-19-22(21)27-35-30(19)34/h2-9,12H,1,10-11,13H2,(H,24,31)(H,25,32). The Labute approximate surface area is 198 Å². The number of carbonyl (C=O) groups excluding carboxylic acids is 2. The number of nitrogens with zero attached hydrogens (tertiary/aromatic N) is 5. The number of nitrogens with one attached hydrogen (secondary N) is 2. The molecule has 2 N–H and O–H groups in total. The lowest BCUT2D eigenvalue weighted by molar-refractivity contribution is -0.808. The van der Waals surface area contributed by atoms with Crippen LogP contribution in [0, 0.1) is 10.4 Å². The molecule has 2 aromatic heterocycles. The fourth-order valence-electron chi connectivity index (χ4n) is 3.90. The third-order valence-electron chi connectivity index (χ3n) is 5.60. The summed E-state index contributed by atoms with van der Waals surface area (Å²) in [6.45, 7) is 3.68. The van der Waals surface area contributed by atoms with Crippen molar-refractivity contribution in [1.82, 2.24) is 20.4 Å². The predicted molar refractivity (Wildman–Crippen MR) is 121 cm³/mol. The average Bonchev–Trinajstić information content (AvgIpc) is 3.42. The van der Waals surface area contributed by atoms with Gasteiger partial charge in [-0.05, 0) is 45.6 Å². The number of benzene rings is 2. The van der Waals surface area contributed by atoms with Gasteiger partial charge in [0.2, 0.25) is 11.6 Å². The molecule has 0 fully saturated rings. The van der Waals surface area contributed by atoms with Gasteiger partial charge in [0.1, 0.15) is 5.69 Å². The van der Waals surface area contributed by atoms with Gasteiger partial charge < -0.3 is 21.0 Å². The number of rotatable bonds is 6. The molecular weight excluding hydrogens is 454 g/mol. The number of fused-ring (bicyclic) bond motifs is 3. The molecule has 12 nitrogen and oxygen atoms in total. The Kier molecular flexibility index (Phi) is 5.45. The number of para-hydroxylation sites is 1. The summed E-state index contributed by atoms with van der Waals surface area (Å²) in [5.41, 5.74) is 2.84. The van der Waals surface area contributed by atoms with Crippen LogP contribution in [-0.2, 0) is 24.2 Å². The third kappa shape index (κ3) is 3.97. The van der Waals surface area contributed by atoms with Gasteiger partial charge in [-0.25, -0.2) is 0 Å². The van der Waals surface area contributed by atoms with E-state index in [1.807, 2.05) is 6.07 Å². The zero-order valence-corrected chi connectivity index (χ0v) is 18.3. The lowest BCUT2D eigenvalue weighted by Gasteiger charge is -2.12. The van der Waals surface area contributed by atoms with Crippen LogP contribution in [0.15, 0.2) is 65.8 Å². The van der Waals surface area contributed by atoms with Crippen molar-refractivity contribution >= 4 is 17.5 Å². The van der Waals surface area contributed by atoms with Crippen molar-refractivity contribution < 1.29 is 24.0 Å². The van der Waals surface area contributed by atoms with E-state index in [1.54, 1.807) is 42.5 Å². The number of hydrogen-bond acceptors (Lipinski definition) is 7. The van der Waals surface area contributed by atoms with Crippen molar-refractivity contribution in [1.29, 1.82) is 0 Å². The second-order valence-electron chi connectivity index (χ2n) is 7.78. The highest BCUT2D eigenvalue weighted by Gasteiger charge is 2.39. The zero-order chi connectivity index (χ0) is 24.5. The highest BCUT2D eigenvalue weighted by molar-refractivity contribution is 6.06. The Balaban J connectivity index is 1.44. The lowest BCUT2D eigenvalue weighted by atomic mass is 10.0. The summed E-state index contributed by atoms with van der Waals surface area (Å²) in [7, 11) is 0. The van der Waals surface area contributed by atoms with E-state index >= 15 is 0 Å². The van der Waals surface area contributed by atoms with Gasteiger partial charge in [0.05, 0.1) is 15.8 Å². The van der Waals surface area contributed by atoms with Crippen LogP contribution in [-0.4, -0.2) is 26.9 Å². The van der Waals surface area contributed by atoms with E-state index in [9.17, 15) is 20.0 Å². The van der Waals surface area contributed by atoms with Gasteiger partial charge in [-0.1, -0.05) is 30.8 Å². The third-order valence-corrected chi connectivity index (χ3v) is 5.60. The maximum Gasteiger partial charge on any atom is 0.303 e. The summed E-state index contributed by atoms with van der Waals surface area (Å²) in [5.74, 6) is -0.759. The van der Waals surface area contributed by atoms with Crippen molar-refractivity contribution in [2.75, 3.05) is 5.32 Å². The van der Waals surface area contributed by atoms with Gasteiger partial charge in [0.25, 0.3) is 5.91 Å². The van der Waals surface area contributed by atoms with Gasteiger partial charge in [0, 0.05) is 25.1 Å². The fourth-order valence-corrected chi connectivity index (χ4v) is 3.90. The van der Waals surface area contributed by atoms with Crippen LogP contribution in [0.3, 0.4) is 0 Å². The highest BCUT2D eigenvalue weighted by atomic mass is 16.8. The van der Waals surface area contributed by atoms with Crippen molar-refractivity contribution in [3.63, 3.8) is 0 Å². The van der Waals surface area contributed by atoms with Gasteiger partial charge in [-0.2, -0.15) is 0 Å². The van der Waals surface area contributed by atoms with Crippen molar-refractivity contribution in [3.05, 3.63) is 94.1 Å². The minimum absolute atomic E-state index is 0.210. The molecule has 0 radical (unpaired) electrons. The summed E-state index contributed by atoms with van der Waals surface area (Å²) < 4.78 is 4.66. The average molecular weight is 473 g/mol. The molecule has 2 amide bonds. The Morgan fingerprint density at radius 1 is 1.11 bits per heavy atom. The van der Waals surface area contributed by atoms with E-state index in [1.165, 1.54) is 6.08 Å². The topological polar surface area (TPSA) is 156 Å². The first kappa shape index (κ1) is 21.8. The molecule has 0 atom stereocenters. The monoisotopic (exact) mass is 473 g/mol. The second-order valence-corrected chi connectivity index (χ2v) is 7.78. The molecule has 2 aromatic carbocycles. The van der Waals surface area contributed by atoms with Gasteiger partial charge >= 0.3 is 11.4 Å². The molecule has 0 spiro atoms. The molecule has 35 heavy (non-hydrogen) atoms. The van der Waals surface area contributed by atoms with Crippen LogP contribution in [0.5, 0.6) is 0 Å². The normalized spacial score (nSPS) is 11.9. The molecular formula is C23H19N7O5. The summed E-state index contributed by atoms with van der Waals surface area (Å²) in [5, 5.41) is 38.4. The molecule has 0 aliphatic heterocycles. The van der Waals surface area contributed by atoms with Crippen LogP contribution >= 0.6 is 0 Å². The van der Waals surface area contributed by atoms with Crippen molar-refractivity contribution in [3.8, 4) is 17.1 Å². The van der Waals surface area contributed by atoms with E-state index in [-0.39, 0.29) is 47.9 Å². The Hall–Kier alpha value is -5.00.